The predicted octanol–water partition coefficient (Wildman–Crippen LogP) is 1.78. The maximum atomic E-state index is 11.2. The molecule has 1 aliphatic rings. The Balaban J connectivity index is 2.62. The van der Waals surface area contributed by atoms with E-state index in [-0.39, 0.29) is 17.7 Å². The number of hydrogen-bond acceptors (Lipinski definition) is 3. The van der Waals surface area contributed by atoms with Gasteiger partial charge in [0.05, 0.1) is 11.6 Å². The van der Waals surface area contributed by atoms with Gasteiger partial charge in [-0.25, -0.2) is 4.79 Å². The number of benzene rings is 1. The number of aliphatic carboxylic acids is 1. The Labute approximate surface area is 97.4 Å². The lowest BCUT2D eigenvalue weighted by molar-refractivity contribution is -0.160. The average Bonchev–Trinajstić information content (AvgIpc) is 2.41. The van der Waals surface area contributed by atoms with Crippen LogP contribution in [0.3, 0.4) is 0 Å². The first-order valence-corrected chi connectivity index (χ1v) is 5.31. The van der Waals surface area contributed by atoms with Crippen LogP contribution in [0, 0.1) is 0 Å². The van der Waals surface area contributed by atoms with Crippen molar-refractivity contribution in [3.05, 3.63) is 28.8 Å². The van der Waals surface area contributed by atoms with Crippen molar-refractivity contribution >= 4 is 17.6 Å². The third-order valence-electron chi connectivity index (χ3n) is 2.70. The summed E-state index contributed by atoms with van der Waals surface area (Å²) in [6, 6.07) is 4.73. The van der Waals surface area contributed by atoms with Crippen molar-refractivity contribution in [2.45, 2.75) is 18.4 Å². The van der Waals surface area contributed by atoms with Crippen molar-refractivity contribution in [1.82, 2.24) is 0 Å². The largest absolute Gasteiger partial charge is 0.492 e. The van der Waals surface area contributed by atoms with Crippen LogP contribution in [0.5, 0.6) is 5.75 Å². The van der Waals surface area contributed by atoms with Gasteiger partial charge in [-0.2, -0.15) is 0 Å². The van der Waals surface area contributed by atoms with Crippen LogP contribution < -0.4 is 4.74 Å². The highest BCUT2D eigenvalue weighted by atomic mass is 35.5. The molecule has 86 valence electrons. The molecular weight excluding hydrogens is 232 g/mol. The van der Waals surface area contributed by atoms with E-state index in [0.717, 1.165) is 0 Å². The monoisotopic (exact) mass is 242 g/mol. The second kappa shape index (κ2) is 3.96. The van der Waals surface area contributed by atoms with E-state index in [4.69, 9.17) is 21.4 Å². The van der Waals surface area contributed by atoms with E-state index in [1.807, 2.05) is 0 Å². The summed E-state index contributed by atoms with van der Waals surface area (Å²) in [5, 5.41) is 19.6. The standard InChI is InChI=1S/C11H11ClO4/c12-8-4-1-3-7-9(8)16-6-2-5-11(7,15)10(13)14/h1,3-4,15H,2,5-6H2,(H,13,14). The highest BCUT2D eigenvalue weighted by Crippen LogP contribution is 2.40. The lowest BCUT2D eigenvalue weighted by Crippen LogP contribution is -2.35. The quantitative estimate of drug-likeness (QED) is 0.788. The summed E-state index contributed by atoms with van der Waals surface area (Å²) >= 11 is 5.92. The minimum absolute atomic E-state index is 0.121. The first-order valence-electron chi connectivity index (χ1n) is 4.93. The third-order valence-corrected chi connectivity index (χ3v) is 2.99. The molecule has 1 unspecified atom stereocenters. The van der Waals surface area contributed by atoms with Crippen LogP contribution in [-0.2, 0) is 10.4 Å². The van der Waals surface area contributed by atoms with Gasteiger partial charge in [0.15, 0.2) is 5.60 Å². The first kappa shape index (κ1) is 11.2. The fraction of sp³-hybridized carbons (Fsp3) is 0.364. The molecule has 1 aromatic carbocycles. The van der Waals surface area contributed by atoms with E-state index in [1.54, 1.807) is 12.1 Å². The maximum absolute atomic E-state index is 11.2. The lowest BCUT2D eigenvalue weighted by Gasteiger charge is -2.22. The van der Waals surface area contributed by atoms with E-state index >= 15 is 0 Å². The molecule has 2 N–H and O–H groups in total. The smallest absolute Gasteiger partial charge is 0.340 e. The number of carboxylic acid groups (broad SMARTS) is 1. The van der Waals surface area contributed by atoms with E-state index in [0.29, 0.717) is 18.1 Å². The van der Waals surface area contributed by atoms with Gasteiger partial charge in [0, 0.05) is 5.56 Å². The van der Waals surface area contributed by atoms with Crippen LogP contribution in [0.25, 0.3) is 0 Å². The molecule has 0 spiro atoms. The Kier molecular flexibility index (Phi) is 2.78. The molecule has 1 aromatic rings. The molecule has 0 fully saturated rings. The van der Waals surface area contributed by atoms with Crippen molar-refractivity contribution in [3.63, 3.8) is 0 Å². The van der Waals surface area contributed by atoms with E-state index in [2.05, 4.69) is 0 Å². The third kappa shape index (κ3) is 1.64. The van der Waals surface area contributed by atoms with Crippen molar-refractivity contribution in [1.29, 1.82) is 0 Å². The minimum atomic E-state index is -1.91. The normalized spacial score (nSPS) is 24.1. The van der Waals surface area contributed by atoms with E-state index in [1.165, 1.54) is 6.07 Å². The number of aliphatic hydroxyl groups is 1. The molecular formula is C11H11ClO4. The van der Waals surface area contributed by atoms with Gasteiger partial charge >= 0.3 is 5.97 Å². The number of ether oxygens (including phenoxy) is 1. The van der Waals surface area contributed by atoms with Gasteiger partial charge in [0.2, 0.25) is 0 Å². The second-order valence-corrected chi connectivity index (χ2v) is 4.14. The fourth-order valence-corrected chi connectivity index (χ4v) is 2.07. The summed E-state index contributed by atoms with van der Waals surface area (Å²) in [5.74, 6) is -1.01. The summed E-state index contributed by atoms with van der Waals surface area (Å²) in [4.78, 5) is 11.2. The molecule has 0 saturated heterocycles. The Morgan fingerprint density at radius 1 is 1.50 bits per heavy atom. The number of hydrogen-bond donors (Lipinski definition) is 2. The van der Waals surface area contributed by atoms with Crippen molar-refractivity contribution < 1.29 is 19.7 Å². The van der Waals surface area contributed by atoms with Gasteiger partial charge in [0.25, 0.3) is 0 Å². The highest BCUT2D eigenvalue weighted by Gasteiger charge is 2.41. The molecule has 2 rings (SSSR count). The van der Waals surface area contributed by atoms with Crippen LogP contribution in [0.4, 0.5) is 0 Å². The number of rotatable bonds is 1. The Bertz CT molecular complexity index is 432. The Morgan fingerprint density at radius 3 is 2.94 bits per heavy atom. The van der Waals surface area contributed by atoms with E-state index in [9.17, 15) is 9.90 Å². The van der Waals surface area contributed by atoms with Crippen LogP contribution in [0.15, 0.2) is 18.2 Å². The summed E-state index contributed by atoms with van der Waals surface area (Å²) in [5.41, 5.74) is -1.68. The lowest BCUT2D eigenvalue weighted by atomic mass is 9.89. The number of fused-ring (bicyclic) bond motifs is 1. The molecule has 0 amide bonds. The summed E-state index contributed by atoms with van der Waals surface area (Å²) in [6.07, 6.45) is 0.587. The Morgan fingerprint density at radius 2 is 2.25 bits per heavy atom. The van der Waals surface area contributed by atoms with Crippen molar-refractivity contribution in [2.75, 3.05) is 6.61 Å². The zero-order valence-electron chi connectivity index (χ0n) is 8.44. The van der Waals surface area contributed by atoms with Gasteiger partial charge in [-0.3, -0.25) is 0 Å². The van der Waals surface area contributed by atoms with Crippen LogP contribution in [0.2, 0.25) is 5.02 Å². The van der Waals surface area contributed by atoms with Gasteiger partial charge in [-0.05, 0) is 18.9 Å². The zero-order chi connectivity index (χ0) is 11.8. The molecule has 0 bridgehead atoms. The molecule has 4 nitrogen and oxygen atoms in total. The van der Waals surface area contributed by atoms with Gasteiger partial charge in [0.1, 0.15) is 5.75 Å². The number of halogens is 1. The minimum Gasteiger partial charge on any atom is -0.492 e. The second-order valence-electron chi connectivity index (χ2n) is 3.73. The SMILES string of the molecule is O=C(O)C1(O)CCCOc2c(Cl)cccc21. The predicted molar refractivity (Wildman–Crippen MR) is 57.7 cm³/mol. The number of carboxylic acids is 1. The summed E-state index contributed by atoms with van der Waals surface area (Å²) in [7, 11) is 0. The van der Waals surface area contributed by atoms with Crippen LogP contribution >= 0.6 is 11.6 Å². The molecule has 1 aliphatic heterocycles. The molecule has 0 aromatic heterocycles. The number of para-hydroxylation sites is 1. The van der Waals surface area contributed by atoms with Gasteiger partial charge < -0.3 is 14.9 Å². The van der Waals surface area contributed by atoms with Gasteiger partial charge in [-0.1, -0.05) is 23.7 Å². The molecule has 0 radical (unpaired) electrons. The topological polar surface area (TPSA) is 66.8 Å². The Hall–Kier alpha value is -1.26. The molecule has 1 heterocycles. The average molecular weight is 243 g/mol. The molecule has 1 atom stereocenters. The summed E-state index contributed by atoms with van der Waals surface area (Å²) in [6.45, 7) is 0.353. The van der Waals surface area contributed by atoms with Crippen LogP contribution in [-0.4, -0.2) is 22.8 Å². The molecule has 5 heteroatoms. The summed E-state index contributed by atoms with van der Waals surface area (Å²) < 4.78 is 5.37. The molecule has 0 saturated carbocycles. The van der Waals surface area contributed by atoms with Crippen LogP contribution in [0.1, 0.15) is 18.4 Å². The van der Waals surface area contributed by atoms with Crippen molar-refractivity contribution in [3.8, 4) is 5.75 Å². The van der Waals surface area contributed by atoms with E-state index < -0.39 is 11.6 Å². The fourth-order valence-electron chi connectivity index (χ4n) is 1.84. The maximum Gasteiger partial charge on any atom is 0.340 e. The highest BCUT2D eigenvalue weighted by molar-refractivity contribution is 6.32. The van der Waals surface area contributed by atoms with Gasteiger partial charge in [-0.15, -0.1) is 0 Å². The number of carbonyl (C=O) groups is 1. The molecule has 0 aliphatic carbocycles. The van der Waals surface area contributed by atoms with Crippen molar-refractivity contribution in [2.24, 2.45) is 0 Å². The zero-order valence-corrected chi connectivity index (χ0v) is 9.20. The molecule has 16 heavy (non-hydrogen) atoms. The first-order chi connectivity index (χ1) is 7.55.